The molecule has 4 aromatic rings. The number of nitrogens with one attached hydrogen (secondary N) is 1. The van der Waals surface area contributed by atoms with Crippen molar-refractivity contribution in [1.82, 2.24) is 15.0 Å². The molecule has 0 saturated carbocycles. The van der Waals surface area contributed by atoms with E-state index in [-0.39, 0.29) is 0 Å². The van der Waals surface area contributed by atoms with Crippen LogP contribution in [-0.4, -0.2) is 15.0 Å². The average Bonchev–Trinajstić information content (AvgIpc) is 2.90. The van der Waals surface area contributed by atoms with E-state index < -0.39 is 0 Å². The van der Waals surface area contributed by atoms with Gasteiger partial charge >= 0.3 is 0 Å². The molecule has 19 heavy (non-hydrogen) atoms. The second-order valence-electron chi connectivity index (χ2n) is 4.48. The van der Waals surface area contributed by atoms with Gasteiger partial charge in [0.15, 0.2) is 0 Å². The number of fused-ring (bicyclic) bond motifs is 2. The van der Waals surface area contributed by atoms with Crippen LogP contribution < -0.4 is 0 Å². The molecule has 0 aliphatic heterocycles. The maximum atomic E-state index is 4.65. The number of hydrogen-bond donors (Lipinski definition) is 1. The van der Waals surface area contributed by atoms with E-state index in [2.05, 4.69) is 27.1 Å². The fourth-order valence-corrected chi connectivity index (χ4v) is 2.39. The minimum Gasteiger partial charge on any atom is -0.338 e. The monoisotopic (exact) mass is 245 g/mol. The number of pyridine rings is 1. The molecular formula is C16H11N3. The predicted molar refractivity (Wildman–Crippen MR) is 76.8 cm³/mol. The number of rotatable bonds is 1. The van der Waals surface area contributed by atoms with Gasteiger partial charge in [-0.1, -0.05) is 30.3 Å². The van der Waals surface area contributed by atoms with Gasteiger partial charge in [-0.3, -0.25) is 4.98 Å². The van der Waals surface area contributed by atoms with Crippen molar-refractivity contribution in [3.63, 3.8) is 0 Å². The summed E-state index contributed by atoms with van der Waals surface area (Å²) in [7, 11) is 0. The maximum absolute atomic E-state index is 4.65. The molecule has 0 atom stereocenters. The van der Waals surface area contributed by atoms with Gasteiger partial charge in [-0.05, 0) is 24.3 Å². The highest BCUT2D eigenvalue weighted by molar-refractivity contribution is 5.94. The Balaban J connectivity index is 2.03. The number of hydrogen-bond acceptors (Lipinski definition) is 2. The van der Waals surface area contributed by atoms with Crippen LogP contribution in [0.5, 0.6) is 0 Å². The van der Waals surface area contributed by atoms with Gasteiger partial charge in [-0.15, -0.1) is 0 Å². The normalized spacial score (nSPS) is 11.2. The van der Waals surface area contributed by atoms with E-state index >= 15 is 0 Å². The van der Waals surface area contributed by atoms with E-state index in [0.717, 1.165) is 33.3 Å². The Morgan fingerprint density at radius 3 is 2.63 bits per heavy atom. The van der Waals surface area contributed by atoms with Crippen LogP contribution in [0.25, 0.3) is 33.3 Å². The average molecular weight is 245 g/mol. The zero-order chi connectivity index (χ0) is 12.7. The number of aromatic amines is 1. The van der Waals surface area contributed by atoms with Crippen LogP contribution in [0.3, 0.4) is 0 Å². The van der Waals surface area contributed by atoms with Crippen LogP contribution >= 0.6 is 0 Å². The number of aromatic nitrogens is 3. The molecule has 2 aromatic heterocycles. The van der Waals surface area contributed by atoms with Crippen LogP contribution in [0.1, 0.15) is 0 Å². The minimum absolute atomic E-state index is 0.889. The van der Waals surface area contributed by atoms with Gasteiger partial charge < -0.3 is 4.98 Å². The maximum Gasteiger partial charge on any atom is 0.139 e. The molecule has 0 saturated heterocycles. The number of H-pyrrole nitrogens is 1. The van der Waals surface area contributed by atoms with Gasteiger partial charge in [0.2, 0.25) is 0 Å². The van der Waals surface area contributed by atoms with E-state index in [9.17, 15) is 0 Å². The fourth-order valence-electron chi connectivity index (χ4n) is 2.39. The third-order valence-electron chi connectivity index (χ3n) is 3.29. The summed E-state index contributed by atoms with van der Waals surface area (Å²) in [4.78, 5) is 12.4. The predicted octanol–water partition coefficient (Wildman–Crippen LogP) is 3.78. The van der Waals surface area contributed by atoms with Crippen LogP contribution in [-0.2, 0) is 0 Å². The van der Waals surface area contributed by atoms with Crippen molar-refractivity contribution >= 4 is 21.9 Å². The summed E-state index contributed by atoms with van der Waals surface area (Å²) in [6, 6.07) is 18.2. The highest BCUT2D eigenvalue weighted by Gasteiger charge is 2.08. The zero-order valence-corrected chi connectivity index (χ0v) is 10.2. The van der Waals surface area contributed by atoms with Gasteiger partial charge in [-0.2, -0.15) is 0 Å². The molecule has 0 spiro atoms. The van der Waals surface area contributed by atoms with Crippen LogP contribution in [0.2, 0.25) is 0 Å². The van der Waals surface area contributed by atoms with Crippen molar-refractivity contribution < 1.29 is 0 Å². The Morgan fingerprint density at radius 2 is 1.68 bits per heavy atom. The van der Waals surface area contributed by atoms with E-state index in [1.54, 1.807) is 0 Å². The molecule has 0 fully saturated rings. The second kappa shape index (κ2) is 3.92. The van der Waals surface area contributed by atoms with Crippen molar-refractivity contribution in [3.8, 4) is 11.4 Å². The van der Waals surface area contributed by atoms with Crippen molar-refractivity contribution in [2.24, 2.45) is 0 Å². The Labute approximate surface area is 110 Å². The zero-order valence-electron chi connectivity index (χ0n) is 10.2. The highest BCUT2D eigenvalue weighted by atomic mass is 14.9. The lowest BCUT2D eigenvalue weighted by Crippen LogP contribution is -1.84. The third kappa shape index (κ3) is 1.59. The molecule has 0 radical (unpaired) electrons. The summed E-state index contributed by atoms with van der Waals surface area (Å²) in [5.41, 5.74) is 4.11. The Bertz CT molecular complexity index is 839. The quantitative estimate of drug-likeness (QED) is 0.554. The summed E-state index contributed by atoms with van der Waals surface area (Å²) in [6.45, 7) is 0. The molecule has 2 aromatic carbocycles. The van der Waals surface area contributed by atoms with Crippen molar-refractivity contribution in [1.29, 1.82) is 0 Å². The molecule has 4 rings (SSSR count). The second-order valence-corrected chi connectivity index (χ2v) is 4.48. The lowest BCUT2D eigenvalue weighted by molar-refractivity contribution is 1.34. The smallest absolute Gasteiger partial charge is 0.139 e. The number of nitrogens with zero attached hydrogens (tertiary/aromatic N) is 2. The Morgan fingerprint density at radius 1 is 0.789 bits per heavy atom. The van der Waals surface area contributed by atoms with Gasteiger partial charge in [0.25, 0.3) is 0 Å². The van der Waals surface area contributed by atoms with E-state index in [1.165, 1.54) is 0 Å². The lowest BCUT2D eigenvalue weighted by Gasteiger charge is -2.02. The molecule has 0 aliphatic carbocycles. The SMILES string of the molecule is c1ccc2[nH]c(-c3cccc4ncccc34)nc2c1. The summed E-state index contributed by atoms with van der Waals surface area (Å²) in [5, 5.41) is 1.11. The summed E-state index contributed by atoms with van der Waals surface area (Å²) in [5.74, 6) is 0.889. The third-order valence-corrected chi connectivity index (χ3v) is 3.29. The standard InChI is InChI=1S/C16H11N3/c1-2-8-15-14(7-1)18-16(19-15)12-5-3-9-13-11(12)6-4-10-17-13/h1-10H,(H,18,19). The summed E-state index contributed by atoms with van der Waals surface area (Å²) in [6.07, 6.45) is 1.81. The lowest BCUT2D eigenvalue weighted by atomic mass is 10.1. The number of para-hydroxylation sites is 2. The van der Waals surface area contributed by atoms with Crippen molar-refractivity contribution in [2.45, 2.75) is 0 Å². The summed E-state index contributed by atoms with van der Waals surface area (Å²) < 4.78 is 0. The van der Waals surface area contributed by atoms with Gasteiger partial charge in [0, 0.05) is 17.1 Å². The molecular weight excluding hydrogens is 234 g/mol. The van der Waals surface area contributed by atoms with Gasteiger partial charge in [0.1, 0.15) is 5.82 Å². The largest absolute Gasteiger partial charge is 0.338 e. The van der Waals surface area contributed by atoms with Crippen LogP contribution in [0, 0.1) is 0 Å². The molecule has 3 nitrogen and oxygen atoms in total. The first-order chi connectivity index (χ1) is 9.42. The fraction of sp³-hybridized carbons (Fsp3) is 0. The first kappa shape index (κ1) is 10.3. The first-order valence-electron chi connectivity index (χ1n) is 6.21. The Kier molecular flexibility index (Phi) is 2.12. The molecule has 90 valence electrons. The molecule has 0 amide bonds. The van der Waals surface area contributed by atoms with E-state index in [4.69, 9.17) is 0 Å². The Hall–Kier alpha value is -2.68. The minimum atomic E-state index is 0.889. The molecule has 1 N–H and O–H groups in total. The molecule has 0 unspecified atom stereocenters. The highest BCUT2D eigenvalue weighted by Crippen LogP contribution is 2.26. The van der Waals surface area contributed by atoms with E-state index in [0.29, 0.717) is 0 Å². The van der Waals surface area contributed by atoms with Gasteiger partial charge in [-0.25, -0.2) is 4.98 Å². The number of imidazole rings is 1. The van der Waals surface area contributed by atoms with Crippen molar-refractivity contribution in [2.75, 3.05) is 0 Å². The first-order valence-corrected chi connectivity index (χ1v) is 6.21. The van der Waals surface area contributed by atoms with Gasteiger partial charge in [0.05, 0.1) is 16.6 Å². The molecule has 0 aliphatic rings. The van der Waals surface area contributed by atoms with Crippen LogP contribution in [0.4, 0.5) is 0 Å². The molecule has 0 bridgehead atoms. The summed E-state index contributed by atoms with van der Waals surface area (Å²) >= 11 is 0. The molecule has 2 heterocycles. The van der Waals surface area contributed by atoms with E-state index in [1.807, 2.05) is 48.7 Å². The van der Waals surface area contributed by atoms with Crippen LogP contribution in [0.15, 0.2) is 60.8 Å². The van der Waals surface area contributed by atoms with Crippen molar-refractivity contribution in [3.05, 3.63) is 60.8 Å². The topological polar surface area (TPSA) is 41.6 Å². The molecule has 3 heteroatoms. The number of benzene rings is 2.